The van der Waals surface area contributed by atoms with Crippen LogP contribution in [0.3, 0.4) is 0 Å². The fourth-order valence-electron chi connectivity index (χ4n) is 3.17. The summed E-state index contributed by atoms with van der Waals surface area (Å²) in [5.41, 5.74) is 3.94. The van der Waals surface area contributed by atoms with Gasteiger partial charge in [0.1, 0.15) is 0 Å². The van der Waals surface area contributed by atoms with Crippen molar-refractivity contribution in [3.05, 3.63) is 41.6 Å². The Labute approximate surface area is 141 Å². The van der Waals surface area contributed by atoms with E-state index in [4.69, 9.17) is 5.73 Å². The Morgan fingerprint density at radius 3 is 2.64 bits per heavy atom. The van der Waals surface area contributed by atoms with E-state index in [2.05, 4.69) is 4.98 Å². The van der Waals surface area contributed by atoms with Gasteiger partial charge in [0.25, 0.3) is 5.91 Å². The van der Waals surface area contributed by atoms with Crippen LogP contribution in [0.1, 0.15) is 28.8 Å². The molecule has 5 nitrogen and oxygen atoms in total. The largest absolute Gasteiger partial charge is 0.417 e. The van der Waals surface area contributed by atoms with Gasteiger partial charge in [-0.2, -0.15) is 13.2 Å². The maximum Gasteiger partial charge on any atom is 0.417 e. The van der Waals surface area contributed by atoms with Gasteiger partial charge in [0.2, 0.25) is 5.91 Å². The van der Waals surface area contributed by atoms with Gasteiger partial charge in [-0.3, -0.25) is 14.6 Å². The molecule has 2 heterocycles. The number of benzene rings is 1. The van der Waals surface area contributed by atoms with E-state index < -0.39 is 35.0 Å². The molecule has 1 fully saturated rings. The summed E-state index contributed by atoms with van der Waals surface area (Å²) in [7, 11) is 0. The van der Waals surface area contributed by atoms with Gasteiger partial charge in [-0.05, 0) is 18.9 Å². The number of rotatable bonds is 2. The van der Waals surface area contributed by atoms with Gasteiger partial charge >= 0.3 is 6.18 Å². The Morgan fingerprint density at radius 2 is 1.96 bits per heavy atom. The molecular formula is C17H16F3N3O2. The number of hydrogen-bond acceptors (Lipinski definition) is 3. The predicted molar refractivity (Wildman–Crippen MR) is 84.6 cm³/mol. The molecule has 3 rings (SSSR count). The standard InChI is InChI=1S/C17H16F3N3O2/c18-17(19,20)14-11-5-1-2-6-13(11)22-8-12(14)16(25)23-7-3-4-10(9-23)15(21)24/h1-2,5-6,8,10H,3-4,7,9H2,(H2,21,24). The molecule has 1 unspecified atom stereocenters. The Kier molecular flexibility index (Phi) is 4.36. The van der Waals surface area contributed by atoms with Crippen molar-refractivity contribution in [2.75, 3.05) is 13.1 Å². The summed E-state index contributed by atoms with van der Waals surface area (Å²) in [4.78, 5) is 29.3. The van der Waals surface area contributed by atoms with Gasteiger partial charge in [0.05, 0.1) is 22.6 Å². The Hall–Kier alpha value is -2.64. The molecule has 0 bridgehead atoms. The molecular weight excluding hydrogens is 335 g/mol. The highest BCUT2D eigenvalue weighted by Gasteiger charge is 2.39. The molecule has 8 heteroatoms. The van der Waals surface area contributed by atoms with Crippen LogP contribution in [0.15, 0.2) is 30.5 Å². The molecule has 25 heavy (non-hydrogen) atoms. The monoisotopic (exact) mass is 351 g/mol. The molecule has 2 aromatic rings. The van der Waals surface area contributed by atoms with Crippen LogP contribution >= 0.6 is 0 Å². The van der Waals surface area contributed by atoms with Gasteiger partial charge in [0.15, 0.2) is 0 Å². The number of primary amides is 1. The lowest BCUT2D eigenvalue weighted by Gasteiger charge is -2.31. The fraction of sp³-hybridized carbons (Fsp3) is 0.353. The van der Waals surface area contributed by atoms with Crippen molar-refractivity contribution in [2.24, 2.45) is 11.7 Å². The molecule has 0 aliphatic carbocycles. The minimum atomic E-state index is -4.70. The zero-order chi connectivity index (χ0) is 18.2. The fourth-order valence-corrected chi connectivity index (χ4v) is 3.17. The zero-order valence-corrected chi connectivity index (χ0v) is 13.2. The number of alkyl halides is 3. The number of pyridine rings is 1. The highest BCUT2D eigenvalue weighted by atomic mass is 19.4. The number of para-hydroxylation sites is 1. The SMILES string of the molecule is NC(=O)C1CCCN(C(=O)c2cnc3ccccc3c2C(F)(F)F)C1. The van der Waals surface area contributed by atoms with Crippen molar-refractivity contribution in [3.63, 3.8) is 0 Å². The molecule has 2 amide bonds. The van der Waals surface area contributed by atoms with Crippen molar-refractivity contribution in [1.82, 2.24) is 9.88 Å². The van der Waals surface area contributed by atoms with Crippen molar-refractivity contribution in [1.29, 1.82) is 0 Å². The molecule has 1 aromatic carbocycles. The van der Waals surface area contributed by atoms with E-state index >= 15 is 0 Å². The second-order valence-corrected chi connectivity index (χ2v) is 6.05. The molecule has 2 N–H and O–H groups in total. The van der Waals surface area contributed by atoms with Crippen molar-refractivity contribution >= 4 is 22.7 Å². The van der Waals surface area contributed by atoms with Crippen molar-refractivity contribution < 1.29 is 22.8 Å². The van der Waals surface area contributed by atoms with Crippen LogP contribution in [0.5, 0.6) is 0 Å². The minimum absolute atomic E-state index is 0.0261. The number of carbonyl (C=O) groups excluding carboxylic acids is 2. The Balaban J connectivity index is 2.06. The molecule has 0 radical (unpaired) electrons. The number of aromatic nitrogens is 1. The summed E-state index contributed by atoms with van der Waals surface area (Å²) in [6, 6.07) is 5.81. The topological polar surface area (TPSA) is 76.3 Å². The van der Waals surface area contributed by atoms with E-state index in [9.17, 15) is 22.8 Å². The number of hydrogen-bond donors (Lipinski definition) is 1. The Bertz CT molecular complexity index is 835. The first-order chi connectivity index (χ1) is 11.8. The third-order valence-corrected chi connectivity index (χ3v) is 4.40. The van der Waals surface area contributed by atoms with Crippen LogP contribution in [0.25, 0.3) is 10.9 Å². The smallest absolute Gasteiger partial charge is 0.369 e. The molecule has 1 atom stereocenters. The van der Waals surface area contributed by atoms with E-state index in [1.54, 1.807) is 6.07 Å². The summed E-state index contributed by atoms with van der Waals surface area (Å²) in [6.07, 6.45) is -2.70. The van der Waals surface area contributed by atoms with Crippen LogP contribution in [-0.4, -0.2) is 34.8 Å². The van der Waals surface area contributed by atoms with Crippen molar-refractivity contribution in [3.8, 4) is 0 Å². The summed E-state index contributed by atoms with van der Waals surface area (Å²) in [5.74, 6) is -1.87. The van der Waals surface area contributed by atoms with Gasteiger partial charge in [-0.1, -0.05) is 18.2 Å². The summed E-state index contributed by atoms with van der Waals surface area (Å²) in [6.45, 7) is 0.311. The number of amides is 2. The molecule has 1 aliphatic rings. The second-order valence-electron chi connectivity index (χ2n) is 6.05. The molecule has 1 aliphatic heterocycles. The molecule has 132 valence electrons. The maximum absolute atomic E-state index is 13.6. The molecule has 1 saturated heterocycles. The Morgan fingerprint density at radius 1 is 1.24 bits per heavy atom. The van der Waals surface area contributed by atoms with E-state index in [1.165, 1.54) is 23.1 Å². The third kappa shape index (κ3) is 3.29. The van der Waals surface area contributed by atoms with Gasteiger partial charge < -0.3 is 10.6 Å². The van der Waals surface area contributed by atoms with Gasteiger partial charge in [0, 0.05) is 24.7 Å². The third-order valence-electron chi connectivity index (χ3n) is 4.40. The molecule has 0 saturated carbocycles. The van der Waals surface area contributed by atoms with Crippen LogP contribution < -0.4 is 5.73 Å². The average molecular weight is 351 g/mol. The number of likely N-dealkylation sites (tertiary alicyclic amines) is 1. The maximum atomic E-state index is 13.6. The number of carbonyl (C=O) groups is 2. The van der Waals surface area contributed by atoms with Crippen LogP contribution in [0, 0.1) is 5.92 Å². The van der Waals surface area contributed by atoms with Crippen molar-refractivity contribution in [2.45, 2.75) is 19.0 Å². The quantitative estimate of drug-likeness (QED) is 0.903. The number of piperidine rings is 1. The van der Waals surface area contributed by atoms with Gasteiger partial charge in [-0.15, -0.1) is 0 Å². The second kappa shape index (κ2) is 6.34. The molecule has 0 spiro atoms. The summed E-state index contributed by atoms with van der Waals surface area (Å²) in [5, 5.41) is -0.121. The highest BCUT2D eigenvalue weighted by Crippen LogP contribution is 2.37. The van der Waals surface area contributed by atoms with Gasteiger partial charge in [-0.25, -0.2) is 0 Å². The predicted octanol–water partition coefficient (Wildman–Crippen LogP) is 2.59. The van der Waals surface area contributed by atoms with E-state index in [1.807, 2.05) is 0 Å². The lowest BCUT2D eigenvalue weighted by atomic mass is 9.96. The normalized spacial score (nSPS) is 18.4. The first kappa shape index (κ1) is 17.2. The first-order valence-corrected chi connectivity index (χ1v) is 7.82. The lowest BCUT2D eigenvalue weighted by molar-refractivity contribution is -0.136. The van der Waals surface area contributed by atoms with E-state index in [0.29, 0.717) is 12.8 Å². The van der Waals surface area contributed by atoms with E-state index in [-0.39, 0.29) is 24.0 Å². The first-order valence-electron chi connectivity index (χ1n) is 7.82. The highest BCUT2D eigenvalue weighted by molar-refractivity contribution is 6.00. The van der Waals surface area contributed by atoms with Crippen LogP contribution in [0.4, 0.5) is 13.2 Å². The van der Waals surface area contributed by atoms with E-state index in [0.717, 1.165) is 6.20 Å². The minimum Gasteiger partial charge on any atom is -0.369 e. The number of nitrogens with two attached hydrogens (primary N) is 1. The lowest BCUT2D eigenvalue weighted by Crippen LogP contribution is -2.44. The number of fused-ring (bicyclic) bond motifs is 1. The van der Waals surface area contributed by atoms with Crippen LogP contribution in [-0.2, 0) is 11.0 Å². The average Bonchev–Trinajstić information content (AvgIpc) is 2.59. The zero-order valence-electron chi connectivity index (χ0n) is 13.2. The summed E-state index contributed by atoms with van der Waals surface area (Å²) >= 11 is 0. The summed E-state index contributed by atoms with van der Waals surface area (Å²) < 4.78 is 40.9. The molecule has 1 aromatic heterocycles. The number of nitrogens with zero attached hydrogens (tertiary/aromatic N) is 2. The van der Waals surface area contributed by atoms with Crippen LogP contribution in [0.2, 0.25) is 0 Å². The number of halogens is 3.